The molecule has 1 rings (SSSR count). The van der Waals surface area contributed by atoms with Gasteiger partial charge < -0.3 is 9.47 Å². The van der Waals surface area contributed by atoms with Crippen molar-refractivity contribution >= 4 is 15.9 Å². The van der Waals surface area contributed by atoms with Crippen LogP contribution in [0.15, 0.2) is 24.3 Å². The van der Waals surface area contributed by atoms with Crippen molar-refractivity contribution in [2.45, 2.75) is 51.6 Å². The Balaban J connectivity index is 2.38. The Morgan fingerprint density at radius 1 is 1.05 bits per heavy atom. The molecule has 0 saturated heterocycles. The molecule has 0 bridgehead atoms. The molecule has 2 nitrogen and oxygen atoms in total. The van der Waals surface area contributed by atoms with Crippen LogP contribution in [0.4, 0.5) is 0 Å². The highest BCUT2D eigenvalue weighted by atomic mass is 79.9. The van der Waals surface area contributed by atoms with Crippen molar-refractivity contribution in [2.24, 2.45) is 0 Å². The average Bonchev–Trinajstić information content (AvgIpc) is 2.50. The second kappa shape index (κ2) is 11.2. The van der Waals surface area contributed by atoms with E-state index in [0.717, 1.165) is 36.9 Å². The van der Waals surface area contributed by atoms with Crippen LogP contribution in [-0.2, 0) is 4.74 Å². The predicted molar refractivity (Wildman–Crippen MR) is 88.9 cm³/mol. The van der Waals surface area contributed by atoms with Gasteiger partial charge in [0.25, 0.3) is 0 Å². The van der Waals surface area contributed by atoms with E-state index in [9.17, 15) is 0 Å². The van der Waals surface area contributed by atoms with Crippen molar-refractivity contribution in [2.75, 3.05) is 19.0 Å². The number of methoxy groups -OCH3 is 1. The molecular formula is C17H27BrO2. The molecule has 1 atom stereocenters. The Morgan fingerprint density at radius 2 is 1.75 bits per heavy atom. The summed E-state index contributed by atoms with van der Waals surface area (Å²) in [6.45, 7) is 3.06. The van der Waals surface area contributed by atoms with Crippen molar-refractivity contribution in [3.8, 4) is 5.75 Å². The van der Waals surface area contributed by atoms with Gasteiger partial charge in [0.15, 0.2) is 0 Å². The maximum atomic E-state index is 6.07. The molecule has 0 aliphatic carbocycles. The zero-order chi connectivity index (χ0) is 14.6. The number of alkyl halides is 1. The third-order valence-electron chi connectivity index (χ3n) is 3.39. The van der Waals surface area contributed by atoms with Crippen LogP contribution < -0.4 is 4.74 Å². The first-order valence-electron chi connectivity index (χ1n) is 7.63. The Bertz CT molecular complexity index is 337. The van der Waals surface area contributed by atoms with E-state index in [0.29, 0.717) is 0 Å². The molecular weight excluding hydrogens is 316 g/mol. The van der Waals surface area contributed by atoms with Gasteiger partial charge in [-0.15, -0.1) is 0 Å². The molecule has 0 amide bonds. The summed E-state index contributed by atoms with van der Waals surface area (Å²) in [6.07, 6.45) is 7.40. The second-order valence-electron chi connectivity index (χ2n) is 5.02. The molecule has 1 aromatic rings. The number of hydrogen-bond acceptors (Lipinski definition) is 2. The average molecular weight is 343 g/mol. The van der Waals surface area contributed by atoms with Crippen LogP contribution in [0.2, 0.25) is 0 Å². The Labute approximate surface area is 132 Å². The standard InChI is InChI=1S/C17H27BrO2/c1-3-8-17(20-14-7-5-4-6-13-18)15-9-11-16(19-2)12-10-15/h9-12,17H,3-8,13-14H2,1-2H3. The van der Waals surface area contributed by atoms with Crippen molar-refractivity contribution in [3.05, 3.63) is 29.8 Å². The van der Waals surface area contributed by atoms with Gasteiger partial charge in [0.05, 0.1) is 13.2 Å². The summed E-state index contributed by atoms with van der Waals surface area (Å²) in [6, 6.07) is 8.25. The lowest BCUT2D eigenvalue weighted by Gasteiger charge is -2.18. The van der Waals surface area contributed by atoms with Crippen molar-refractivity contribution in [1.29, 1.82) is 0 Å². The summed E-state index contributed by atoms with van der Waals surface area (Å²) < 4.78 is 11.3. The molecule has 0 aromatic heterocycles. The van der Waals surface area contributed by atoms with Crippen molar-refractivity contribution in [1.82, 2.24) is 0 Å². The molecule has 114 valence electrons. The number of halogens is 1. The van der Waals surface area contributed by atoms with Crippen LogP contribution in [0.3, 0.4) is 0 Å². The normalized spacial score (nSPS) is 12.3. The first-order chi connectivity index (χ1) is 9.81. The smallest absolute Gasteiger partial charge is 0.118 e. The molecule has 0 saturated carbocycles. The largest absolute Gasteiger partial charge is 0.497 e. The fourth-order valence-electron chi connectivity index (χ4n) is 2.20. The minimum absolute atomic E-state index is 0.224. The first kappa shape index (κ1) is 17.5. The van der Waals surface area contributed by atoms with E-state index < -0.39 is 0 Å². The van der Waals surface area contributed by atoms with Crippen molar-refractivity contribution in [3.63, 3.8) is 0 Å². The predicted octanol–water partition coefficient (Wildman–Crippen LogP) is 5.51. The Morgan fingerprint density at radius 3 is 2.35 bits per heavy atom. The fourth-order valence-corrected chi connectivity index (χ4v) is 2.60. The summed E-state index contributed by atoms with van der Waals surface area (Å²) in [5, 5.41) is 1.11. The van der Waals surface area contributed by atoms with Gasteiger partial charge in [-0.2, -0.15) is 0 Å². The molecule has 3 heteroatoms. The number of rotatable bonds is 11. The van der Waals surface area contributed by atoms with Gasteiger partial charge in [0, 0.05) is 11.9 Å². The van der Waals surface area contributed by atoms with E-state index in [-0.39, 0.29) is 6.10 Å². The highest BCUT2D eigenvalue weighted by Gasteiger charge is 2.10. The van der Waals surface area contributed by atoms with Gasteiger partial charge in [-0.05, 0) is 37.0 Å². The van der Waals surface area contributed by atoms with Crippen molar-refractivity contribution < 1.29 is 9.47 Å². The lowest BCUT2D eigenvalue weighted by Crippen LogP contribution is -2.05. The van der Waals surface area contributed by atoms with Gasteiger partial charge in [-0.25, -0.2) is 0 Å². The quantitative estimate of drug-likeness (QED) is 0.390. The zero-order valence-electron chi connectivity index (χ0n) is 12.7. The molecule has 1 aromatic carbocycles. The SMILES string of the molecule is CCCC(OCCCCCCBr)c1ccc(OC)cc1. The van der Waals surface area contributed by atoms with Gasteiger partial charge >= 0.3 is 0 Å². The fraction of sp³-hybridized carbons (Fsp3) is 0.647. The van der Waals surface area contributed by atoms with Gasteiger partial charge in [-0.1, -0.05) is 54.2 Å². The summed E-state index contributed by atoms with van der Waals surface area (Å²) in [5.41, 5.74) is 1.26. The van der Waals surface area contributed by atoms with Crippen LogP contribution in [0.1, 0.15) is 57.1 Å². The van der Waals surface area contributed by atoms with Crippen LogP contribution in [-0.4, -0.2) is 19.0 Å². The summed E-state index contributed by atoms with van der Waals surface area (Å²) in [7, 11) is 1.70. The monoisotopic (exact) mass is 342 g/mol. The van der Waals surface area contributed by atoms with Crippen LogP contribution in [0, 0.1) is 0 Å². The highest BCUT2D eigenvalue weighted by Crippen LogP contribution is 2.25. The topological polar surface area (TPSA) is 18.5 Å². The molecule has 0 spiro atoms. The molecule has 0 radical (unpaired) electrons. The number of benzene rings is 1. The molecule has 0 aliphatic heterocycles. The second-order valence-corrected chi connectivity index (χ2v) is 5.82. The van der Waals surface area contributed by atoms with E-state index in [1.54, 1.807) is 7.11 Å². The van der Waals surface area contributed by atoms with E-state index >= 15 is 0 Å². The van der Waals surface area contributed by atoms with Crippen LogP contribution >= 0.6 is 15.9 Å². The first-order valence-corrected chi connectivity index (χ1v) is 8.75. The van der Waals surface area contributed by atoms with E-state index in [1.807, 2.05) is 12.1 Å². The minimum atomic E-state index is 0.224. The third-order valence-corrected chi connectivity index (χ3v) is 3.95. The highest BCUT2D eigenvalue weighted by molar-refractivity contribution is 9.09. The Kier molecular flexibility index (Phi) is 9.77. The molecule has 0 heterocycles. The van der Waals surface area contributed by atoms with Crippen LogP contribution in [0.25, 0.3) is 0 Å². The summed E-state index contributed by atoms with van der Waals surface area (Å²) >= 11 is 3.46. The molecule has 20 heavy (non-hydrogen) atoms. The summed E-state index contributed by atoms with van der Waals surface area (Å²) in [5.74, 6) is 0.902. The third kappa shape index (κ3) is 6.76. The zero-order valence-corrected chi connectivity index (χ0v) is 14.3. The molecule has 1 unspecified atom stereocenters. The lowest BCUT2D eigenvalue weighted by atomic mass is 10.0. The lowest BCUT2D eigenvalue weighted by molar-refractivity contribution is 0.0435. The minimum Gasteiger partial charge on any atom is -0.497 e. The van der Waals surface area contributed by atoms with E-state index in [4.69, 9.17) is 9.47 Å². The van der Waals surface area contributed by atoms with Gasteiger partial charge in [-0.3, -0.25) is 0 Å². The maximum absolute atomic E-state index is 6.07. The van der Waals surface area contributed by atoms with E-state index in [1.165, 1.54) is 24.8 Å². The summed E-state index contributed by atoms with van der Waals surface area (Å²) in [4.78, 5) is 0. The molecule has 0 aliphatic rings. The van der Waals surface area contributed by atoms with E-state index in [2.05, 4.69) is 35.0 Å². The van der Waals surface area contributed by atoms with Gasteiger partial charge in [0.2, 0.25) is 0 Å². The Hall–Kier alpha value is -0.540. The number of unbranched alkanes of at least 4 members (excludes halogenated alkanes) is 3. The van der Waals surface area contributed by atoms with Crippen LogP contribution in [0.5, 0.6) is 5.75 Å². The number of hydrogen-bond donors (Lipinski definition) is 0. The molecule has 0 N–H and O–H groups in total. The maximum Gasteiger partial charge on any atom is 0.118 e. The van der Waals surface area contributed by atoms with Gasteiger partial charge in [0.1, 0.15) is 5.75 Å². The number of ether oxygens (including phenoxy) is 2. The molecule has 0 fully saturated rings.